The van der Waals surface area contributed by atoms with Gasteiger partial charge in [-0.25, -0.2) is 4.68 Å². The largest absolute Gasteiger partial charge is 0.355 e. The van der Waals surface area contributed by atoms with Gasteiger partial charge < -0.3 is 5.32 Å². The monoisotopic (exact) mass is 329 g/mol. The van der Waals surface area contributed by atoms with Crippen molar-refractivity contribution in [2.75, 3.05) is 18.1 Å². The lowest BCUT2D eigenvalue weighted by Gasteiger charge is -2.04. The molecule has 0 atom stereocenters. The molecule has 2 aromatic heterocycles. The van der Waals surface area contributed by atoms with Crippen LogP contribution in [0, 0.1) is 0 Å². The minimum atomic E-state index is 0.00900. The van der Waals surface area contributed by atoms with Crippen molar-refractivity contribution in [2.24, 2.45) is 7.05 Å². The van der Waals surface area contributed by atoms with Crippen molar-refractivity contribution >= 4 is 40.8 Å². The lowest BCUT2D eigenvalue weighted by atomic mass is 10.5. The van der Waals surface area contributed by atoms with Gasteiger partial charge in [0, 0.05) is 30.0 Å². The Balaban J connectivity index is 1.53. The van der Waals surface area contributed by atoms with E-state index in [1.54, 1.807) is 23.1 Å². The van der Waals surface area contributed by atoms with Gasteiger partial charge in [0.05, 0.1) is 5.75 Å². The van der Waals surface area contributed by atoms with E-state index in [2.05, 4.69) is 38.4 Å². The highest BCUT2D eigenvalue weighted by atomic mass is 32.2. The van der Waals surface area contributed by atoms with Crippen LogP contribution in [-0.4, -0.2) is 44.2 Å². The number of rotatable bonds is 8. The van der Waals surface area contributed by atoms with Gasteiger partial charge in [0.25, 0.3) is 0 Å². The Bertz CT molecular complexity index is 528. The Labute approximate surface area is 129 Å². The topological polar surface area (TPSA) is 72.7 Å². The summed E-state index contributed by atoms with van der Waals surface area (Å²) < 4.78 is 1.55. The van der Waals surface area contributed by atoms with Gasteiger partial charge in [0.1, 0.15) is 0 Å². The van der Waals surface area contributed by atoms with Crippen LogP contribution in [0.3, 0.4) is 0 Å². The molecule has 0 aliphatic heterocycles. The van der Waals surface area contributed by atoms with Gasteiger partial charge in [-0.15, -0.1) is 16.4 Å². The zero-order valence-electron chi connectivity index (χ0n) is 11.0. The number of hydrogen-bond donors (Lipinski definition) is 1. The van der Waals surface area contributed by atoms with Crippen LogP contribution in [0.4, 0.5) is 0 Å². The third kappa shape index (κ3) is 5.14. The minimum Gasteiger partial charge on any atom is -0.355 e. The highest BCUT2D eigenvalue weighted by Gasteiger charge is 2.07. The number of thioether (sulfide) groups is 2. The number of nitrogens with one attached hydrogen (secondary N) is 1. The second-order valence-corrected chi connectivity index (χ2v) is 6.94. The summed E-state index contributed by atoms with van der Waals surface area (Å²) >= 11 is 4.92. The molecule has 0 unspecified atom stereocenters. The van der Waals surface area contributed by atoms with Crippen LogP contribution < -0.4 is 5.32 Å². The molecule has 0 saturated carbocycles. The molecule has 2 aromatic rings. The Hall–Kier alpha value is -1.06. The summed E-state index contributed by atoms with van der Waals surface area (Å²) in [5, 5.41) is 16.6. The van der Waals surface area contributed by atoms with E-state index in [-0.39, 0.29) is 5.91 Å². The first-order valence-corrected chi connectivity index (χ1v) is 8.99. The van der Waals surface area contributed by atoms with Gasteiger partial charge in [0.15, 0.2) is 0 Å². The Kier molecular flexibility index (Phi) is 6.34. The van der Waals surface area contributed by atoms with E-state index in [1.165, 1.54) is 16.6 Å². The quantitative estimate of drug-likeness (QED) is 0.583. The summed E-state index contributed by atoms with van der Waals surface area (Å²) in [6, 6.07) is 4.18. The molecule has 0 aliphatic carbocycles. The van der Waals surface area contributed by atoms with E-state index in [9.17, 15) is 4.79 Å². The van der Waals surface area contributed by atoms with Crippen molar-refractivity contribution in [1.29, 1.82) is 0 Å². The fourth-order valence-corrected chi connectivity index (χ4v) is 3.73. The molecule has 0 radical (unpaired) electrons. The molecular formula is C11H15N5OS3. The number of aryl methyl sites for hydroxylation is 1. The minimum absolute atomic E-state index is 0.00900. The van der Waals surface area contributed by atoms with Crippen LogP contribution in [-0.2, 0) is 17.6 Å². The van der Waals surface area contributed by atoms with Crippen molar-refractivity contribution in [2.45, 2.75) is 10.9 Å². The van der Waals surface area contributed by atoms with E-state index in [1.807, 2.05) is 11.8 Å². The molecule has 108 valence electrons. The molecule has 9 heteroatoms. The smallest absolute Gasteiger partial charge is 0.230 e. The van der Waals surface area contributed by atoms with E-state index < -0.39 is 0 Å². The highest BCUT2D eigenvalue weighted by Crippen LogP contribution is 2.16. The number of tetrazole rings is 1. The number of amides is 1. The molecule has 0 bridgehead atoms. The van der Waals surface area contributed by atoms with E-state index in [4.69, 9.17) is 0 Å². The van der Waals surface area contributed by atoms with Gasteiger partial charge >= 0.3 is 0 Å². The van der Waals surface area contributed by atoms with Crippen LogP contribution in [0.2, 0.25) is 0 Å². The molecule has 0 fully saturated rings. The summed E-state index contributed by atoms with van der Waals surface area (Å²) in [6.45, 7) is 0.687. The van der Waals surface area contributed by atoms with Crippen molar-refractivity contribution < 1.29 is 4.79 Å². The lowest BCUT2D eigenvalue weighted by molar-refractivity contribution is -0.118. The van der Waals surface area contributed by atoms with Gasteiger partial charge in [-0.1, -0.05) is 17.8 Å². The van der Waals surface area contributed by atoms with E-state index in [0.717, 1.165) is 11.5 Å². The zero-order chi connectivity index (χ0) is 14.2. The molecule has 20 heavy (non-hydrogen) atoms. The summed E-state index contributed by atoms with van der Waals surface area (Å²) in [5.74, 6) is 2.27. The first-order valence-electron chi connectivity index (χ1n) is 5.97. The van der Waals surface area contributed by atoms with Gasteiger partial charge in [0.2, 0.25) is 11.1 Å². The SMILES string of the molecule is Cn1nnnc1SCC(=O)NCCSCc1cccs1. The molecular weight excluding hydrogens is 314 g/mol. The summed E-state index contributed by atoms with van der Waals surface area (Å²) in [4.78, 5) is 13.0. The molecule has 0 saturated heterocycles. The predicted octanol–water partition coefficient (Wildman–Crippen LogP) is 1.41. The Morgan fingerprint density at radius 2 is 2.45 bits per heavy atom. The normalized spacial score (nSPS) is 10.7. The predicted molar refractivity (Wildman–Crippen MR) is 83.0 cm³/mol. The van der Waals surface area contributed by atoms with Crippen LogP contribution in [0.25, 0.3) is 0 Å². The van der Waals surface area contributed by atoms with Gasteiger partial charge in [-0.05, 0) is 21.9 Å². The van der Waals surface area contributed by atoms with Crippen molar-refractivity contribution in [3.63, 3.8) is 0 Å². The number of hydrogen-bond acceptors (Lipinski definition) is 7. The molecule has 2 rings (SSSR count). The second kappa shape index (κ2) is 8.28. The molecule has 2 heterocycles. The number of carbonyl (C=O) groups excluding carboxylic acids is 1. The van der Waals surface area contributed by atoms with Crippen LogP contribution >= 0.6 is 34.9 Å². The molecule has 0 spiro atoms. The zero-order valence-corrected chi connectivity index (χ0v) is 13.4. The third-order valence-electron chi connectivity index (χ3n) is 2.31. The first kappa shape index (κ1) is 15.3. The highest BCUT2D eigenvalue weighted by molar-refractivity contribution is 7.99. The molecule has 0 aromatic carbocycles. The average molecular weight is 329 g/mol. The van der Waals surface area contributed by atoms with Crippen LogP contribution in [0.5, 0.6) is 0 Å². The Morgan fingerprint density at radius 3 is 3.15 bits per heavy atom. The van der Waals surface area contributed by atoms with Crippen LogP contribution in [0.15, 0.2) is 22.7 Å². The summed E-state index contributed by atoms with van der Waals surface area (Å²) in [6.07, 6.45) is 0. The van der Waals surface area contributed by atoms with Crippen LogP contribution in [0.1, 0.15) is 4.88 Å². The van der Waals surface area contributed by atoms with Crippen molar-refractivity contribution in [3.8, 4) is 0 Å². The number of aromatic nitrogens is 4. The van der Waals surface area contributed by atoms with Crippen molar-refractivity contribution in [3.05, 3.63) is 22.4 Å². The molecule has 1 amide bonds. The fraction of sp³-hybridized carbons (Fsp3) is 0.455. The summed E-state index contributed by atoms with van der Waals surface area (Å²) in [5.41, 5.74) is 0. The fourth-order valence-electron chi connectivity index (χ4n) is 1.35. The Morgan fingerprint density at radius 1 is 1.55 bits per heavy atom. The third-order valence-corrected chi connectivity index (χ3v) is 5.38. The summed E-state index contributed by atoms with van der Waals surface area (Å²) in [7, 11) is 1.75. The van der Waals surface area contributed by atoms with E-state index >= 15 is 0 Å². The maximum Gasteiger partial charge on any atom is 0.230 e. The number of carbonyl (C=O) groups is 1. The second-order valence-electron chi connectivity index (χ2n) is 3.86. The number of nitrogens with zero attached hydrogens (tertiary/aromatic N) is 4. The molecule has 6 nitrogen and oxygen atoms in total. The molecule has 1 N–H and O–H groups in total. The standard InChI is InChI=1S/C11H15N5OS3/c1-16-11(13-14-15-16)20-8-10(17)12-4-6-18-7-9-3-2-5-19-9/h2-3,5H,4,6-8H2,1H3,(H,12,17). The lowest BCUT2D eigenvalue weighted by Crippen LogP contribution is -2.27. The average Bonchev–Trinajstić information content (AvgIpc) is 3.08. The van der Waals surface area contributed by atoms with Gasteiger partial charge in [-0.2, -0.15) is 11.8 Å². The number of thiophene rings is 1. The van der Waals surface area contributed by atoms with Gasteiger partial charge in [-0.3, -0.25) is 4.79 Å². The molecule has 0 aliphatic rings. The maximum absolute atomic E-state index is 11.6. The van der Waals surface area contributed by atoms with Crippen molar-refractivity contribution in [1.82, 2.24) is 25.5 Å². The maximum atomic E-state index is 11.6. The first-order chi connectivity index (χ1) is 9.75. The van der Waals surface area contributed by atoms with E-state index in [0.29, 0.717) is 17.5 Å².